The summed E-state index contributed by atoms with van der Waals surface area (Å²) in [6.07, 6.45) is 0. The number of rotatable bonds is 3. The van der Waals surface area contributed by atoms with Gasteiger partial charge in [-0.15, -0.1) is 0 Å². The molecular weight excluding hydrogens is 330 g/mol. The summed E-state index contributed by atoms with van der Waals surface area (Å²) in [4.78, 5) is 7.63. The highest BCUT2D eigenvalue weighted by atomic mass is 79.9. The van der Waals surface area contributed by atoms with Crippen LogP contribution in [0, 0.1) is 0 Å². The predicted octanol–water partition coefficient (Wildman–Crippen LogP) is 4.59. The summed E-state index contributed by atoms with van der Waals surface area (Å²) < 4.78 is 29.4. The molecule has 20 heavy (non-hydrogen) atoms. The quantitative estimate of drug-likeness (QED) is 0.758. The monoisotopic (exact) mass is 338 g/mol. The van der Waals surface area contributed by atoms with Crippen LogP contribution in [0.1, 0.15) is 0 Å². The molecule has 1 aromatic heterocycles. The van der Waals surface area contributed by atoms with Crippen LogP contribution in [0.15, 0.2) is 46.9 Å². The van der Waals surface area contributed by atoms with E-state index in [4.69, 9.17) is 0 Å². The van der Waals surface area contributed by atoms with Crippen LogP contribution >= 0.6 is 15.9 Å². The van der Waals surface area contributed by atoms with Gasteiger partial charge in [-0.25, -0.2) is 4.98 Å². The number of ether oxygens (including phenoxy) is 1. The van der Waals surface area contributed by atoms with Crippen LogP contribution in [-0.2, 0) is 0 Å². The molecule has 0 atom stereocenters. The summed E-state index contributed by atoms with van der Waals surface area (Å²) in [6.45, 7) is -2.82. The number of halogens is 3. The summed E-state index contributed by atoms with van der Waals surface area (Å²) >= 11 is 3.39. The zero-order chi connectivity index (χ0) is 14.1. The molecule has 0 aliphatic rings. The SMILES string of the molecule is FC(F)Oc1ccc(-c2nc3ccc(Br)cc3[nH]2)cc1. The van der Waals surface area contributed by atoms with E-state index < -0.39 is 6.61 Å². The van der Waals surface area contributed by atoms with Gasteiger partial charge in [0.05, 0.1) is 11.0 Å². The van der Waals surface area contributed by atoms with Crippen molar-refractivity contribution in [2.45, 2.75) is 6.61 Å². The smallest absolute Gasteiger partial charge is 0.387 e. The number of nitrogens with one attached hydrogen (secondary N) is 1. The Balaban J connectivity index is 1.94. The summed E-state index contributed by atoms with van der Waals surface area (Å²) in [5, 5.41) is 0. The molecule has 3 nitrogen and oxygen atoms in total. The number of fused-ring (bicyclic) bond motifs is 1. The van der Waals surface area contributed by atoms with E-state index in [1.807, 2.05) is 18.2 Å². The predicted molar refractivity (Wildman–Crippen MR) is 75.9 cm³/mol. The lowest BCUT2D eigenvalue weighted by atomic mass is 10.2. The van der Waals surface area contributed by atoms with Crippen LogP contribution in [-0.4, -0.2) is 16.6 Å². The summed E-state index contributed by atoms with van der Waals surface area (Å²) in [6, 6.07) is 12.1. The number of benzene rings is 2. The maximum Gasteiger partial charge on any atom is 0.387 e. The summed E-state index contributed by atoms with van der Waals surface area (Å²) in [7, 11) is 0. The van der Waals surface area contributed by atoms with E-state index in [0.29, 0.717) is 5.82 Å². The maximum absolute atomic E-state index is 12.1. The molecule has 6 heteroatoms. The van der Waals surface area contributed by atoms with Crippen molar-refractivity contribution in [2.24, 2.45) is 0 Å². The fourth-order valence-electron chi connectivity index (χ4n) is 1.91. The fourth-order valence-corrected chi connectivity index (χ4v) is 2.27. The normalized spacial score (nSPS) is 11.2. The Kier molecular flexibility index (Phi) is 3.40. The van der Waals surface area contributed by atoms with E-state index in [0.717, 1.165) is 21.1 Å². The Labute approximate surface area is 121 Å². The average molecular weight is 339 g/mol. The molecule has 0 saturated heterocycles. The Morgan fingerprint density at radius 2 is 1.85 bits per heavy atom. The van der Waals surface area contributed by atoms with Gasteiger partial charge in [0.2, 0.25) is 0 Å². The van der Waals surface area contributed by atoms with Crippen LogP contribution in [0.25, 0.3) is 22.4 Å². The lowest BCUT2D eigenvalue weighted by Gasteiger charge is -2.04. The lowest BCUT2D eigenvalue weighted by molar-refractivity contribution is -0.0498. The van der Waals surface area contributed by atoms with Gasteiger partial charge in [-0.1, -0.05) is 15.9 Å². The summed E-state index contributed by atoms with van der Waals surface area (Å²) in [5.41, 5.74) is 2.55. The second-order valence-electron chi connectivity index (χ2n) is 4.15. The Morgan fingerprint density at radius 1 is 1.10 bits per heavy atom. The fraction of sp³-hybridized carbons (Fsp3) is 0.0714. The van der Waals surface area contributed by atoms with Crippen molar-refractivity contribution >= 4 is 27.0 Å². The van der Waals surface area contributed by atoms with Crippen LogP contribution in [0.3, 0.4) is 0 Å². The number of aromatic nitrogens is 2. The van der Waals surface area contributed by atoms with Crippen LogP contribution in [0.2, 0.25) is 0 Å². The molecule has 0 unspecified atom stereocenters. The number of imidazole rings is 1. The molecule has 0 aliphatic heterocycles. The van der Waals surface area contributed by atoms with E-state index in [1.165, 1.54) is 12.1 Å². The highest BCUT2D eigenvalue weighted by Gasteiger charge is 2.07. The lowest BCUT2D eigenvalue weighted by Crippen LogP contribution is -2.01. The third-order valence-corrected chi connectivity index (χ3v) is 3.29. The second-order valence-corrected chi connectivity index (χ2v) is 5.07. The second kappa shape index (κ2) is 5.20. The van der Waals surface area contributed by atoms with E-state index in [9.17, 15) is 8.78 Å². The molecule has 102 valence electrons. The third kappa shape index (κ3) is 2.65. The first kappa shape index (κ1) is 13.1. The highest BCUT2D eigenvalue weighted by molar-refractivity contribution is 9.10. The zero-order valence-corrected chi connectivity index (χ0v) is 11.7. The van der Waals surface area contributed by atoms with Gasteiger partial charge in [0.15, 0.2) is 0 Å². The van der Waals surface area contributed by atoms with E-state index in [-0.39, 0.29) is 5.75 Å². The zero-order valence-electron chi connectivity index (χ0n) is 10.1. The number of nitrogens with zero attached hydrogens (tertiary/aromatic N) is 1. The molecule has 3 rings (SSSR count). The first-order valence-electron chi connectivity index (χ1n) is 5.82. The molecule has 0 saturated carbocycles. The molecule has 0 fully saturated rings. The minimum atomic E-state index is -2.82. The molecule has 1 heterocycles. The number of hydrogen-bond acceptors (Lipinski definition) is 2. The molecular formula is C14H9BrF2N2O. The first-order chi connectivity index (χ1) is 9.61. The molecule has 0 spiro atoms. The highest BCUT2D eigenvalue weighted by Crippen LogP contribution is 2.25. The Hall–Kier alpha value is -1.95. The van der Waals surface area contributed by atoms with Gasteiger partial charge < -0.3 is 9.72 Å². The maximum atomic E-state index is 12.1. The molecule has 0 aliphatic carbocycles. The number of hydrogen-bond donors (Lipinski definition) is 1. The van der Waals surface area contributed by atoms with Gasteiger partial charge in [0.1, 0.15) is 11.6 Å². The van der Waals surface area contributed by atoms with Gasteiger partial charge in [-0.3, -0.25) is 0 Å². The van der Waals surface area contributed by atoms with Crippen molar-refractivity contribution in [2.75, 3.05) is 0 Å². The summed E-state index contributed by atoms with van der Waals surface area (Å²) in [5.74, 6) is 0.810. The topological polar surface area (TPSA) is 37.9 Å². The van der Waals surface area contributed by atoms with Crippen molar-refractivity contribution in [3.8, 4) is 17.1 Å². The largest absolute Gasteiger partial charge is 0.435 e. The number of alkyl halides is 2. The first-order valence-corrected chi connectivity index (χ1v) is 6.61. The van der Waals surface area contributed by atoms with Crippen molar-refractivity contribution in [1.29, 1.82) is 0 Å². The van der Waals surface area contributed by atoms with Gasteiger partial charge in [0.25, 0.3) is 0 Å². The van der Waals surface area contributed by atoms with Gasteiger partial charge >= 0.3 is 6.61 Å². The van der Waals surface area contributed by atoms with Crippen molar-refractivity contribution < 1.29 is 13.5 Å². The Morgan fingerprint density at radius 3 is 2.55 bits per heavy atom. The number of H-pyrrole nitrogens is 1. The minimum absolute atomic E-state index is 0.127. The van der Waals surface area contributed by atoms with E-state index in [1.54, 1.807) is 12.1 Å². The molecule has 1 N–H and O–H groups in total. The molecule has 0 amide bonds. The molecule has 0 bridgehead atoms. The molecule has 0 radical (unpaired) electrons. The molecule has 2 aromatic carbocycles. The third-order valence-electron chi connectivity index (χ3n) is 2.80. The minimum Gasteiger partial charge on any atom is -0.435 e. The Bertz CT molecular complexity index is 741. The standard InChI is InChI=1S/C14H9BrF2N2O/c15-9-3-6-11-12(7-9)19-13(18-11)8-1-4-10(5-2-8)20-14(16)17/h1-7,14H,(H,18,19). The van der Waals surface area contributed by atoms with Crippen LogP contribution in [0.5, 0.6) is 5.75 Å². The van der Waals surface area contributed by atoms with Gasteiger partial charge in [-0.05, 0) is 42.5 Å². The van der Waals surface area contributed by atoms with Crippen molar-refractivity contribution in [3.05, 3.63) is 46.9 Å². The van der Waals surface area contributed by atoms with Crippen molar-refractivity contribution in [3.63, 3.8) is 0 Å². The van der Waals surface area contributed by atoms with Crippen molar-refractivity contribution in [1.82, 2.24) is 9.97 Å². The van der Waals surface area contributed by atoms with Crippen LogP contribution < -0.4 is 4.74 Å². The molecule has 3 aromatic rings. The van der Waals surface area contributed by atoms with E-state index in [2.05, 4.69) is 30.6 Å². The van der Waals surface area contributed by atoms with E-state index >= 15 is 0 Å². The van der Waals surface area contributed by atoms with Gasteiger partial charge in [-0.2, -0.15) is 8.78 Å². The number of aromatic amines is 1. The van der Waals surface area contributed by atoms with Gasteiger partial charge in [0, 0.05) is 10.0 Å². The average Bonchev–Trinajstić information content (AvgIpc) is 2.81. The van der Waals surface area contributed by atoms with Crippen LogP contribution in [0.4, 0.5) is 8.78 Å².